The van der Waals surface area contributed by atoms with Gasteiger partial charge >= 0.3 is 0 Å². The summed E-state index contributed by atoms with van der Waals surface area (Å²) in [6.07, 6.45) is 2.26. The second-order valence-corrected chi connectivity index (χ2v) is 8.02. The lowest BCUT2D eigenvalue weighted by Crippen LogP contribution is -2.21. The van der Waals surface area contributed by atoms with E-state index < -0.39 is 0 Å². The van der Waals surface area contributed by atoms with Gasteiger partial charge in [-0.15, -0.1) is 11.3 Å². The Labute approximate surface area is 186 Å². The Kier molecular flexibility index (Phi) is 6.23. The number of carbonyl (C=O) groups excluding carboxylic acids is 1. The van der Waals surface area contributed by atoms with Gasteiger partial charge in [-0.1, -0.05) is 12.1 Å². The number of nitrogens with zero attached hydrogens (tertiary/aromatic N) is 3. The first-order valence-corrected chi connectivity index (χ1v) is 11.2. The summed E-state index contributed by atoms with van der Waals surface area (Å²) in [5.41, 5.74) is 4.72. The van der Waals surface area contributed by atoms with Crippen molar-refractivity contribution < 1.29 is 9.53 Å². The molecule has 6 nitrogen and oxygen atoms in total. The van der Waals surface area contributed by atoms with Crippen LogP contribution >= 0.6 is 11.3 Å². The van der Waals surface area contributed by atoms with Crippen LogP contribution in [0.15, 0.2) is 60.1 Å². The molecule has 2 aromatic carbocycles. The molecular formula is C24H26N4O2S. The van der Waals surface area contributed by atoms with Crippen molar-refractivity contribution in [1.82, 2.24) is 9.38 Å². The average molecular weight is 435 g/mol. The molecule has 1 N–H and O–H groups in total. The summed E-state index contributed by atoms with van der Waals surface area (Å²) in [6, 6.07) is 15.8. The average Bonchev–Trinajstić information content (AvgIpc) is 3.38. The van der Waals surface area contributed by atoms with Crippen LogP contribution in [0.4, 0.5) is 11.4 Å². The number of nitrogens with one attached hydrogen (secondary N) is 1. The van der Waals surface area contributed by atoms with Gasteiger partial charge in [0.05, 0.1) is 19.2 Å². The second-order valence-electron chi connectivity index (χ2n) is 7.18. The SMILES string of the molecule is CCN(CC)c1ccc(NC(=O)Cc2csc3nc(-c4cccc(OC)c4)cn23)cc1. The van der Waals surface area contributed by atoms with Gasteiger partial charge in [0, 0.05) is 47.3 Å². The maximum Gasteiger partial charge on any atom is 0.230 e. The zero-order chi connectivity index (χ0) is 21.8. The highest BCUT2D eigenvalue weighted by atomic mass is 32.1. The van der Waals surface area contributed by atoms with Gasteiger partial charge < -0.3 is 15.0 Å². The van der Waals surface area contributed by atoms with E-state index in [1.54, 1.807) is 7.11 Å². The first-order chi connectivity index (χ1) is 15.1. The van der Waals surface area contributed by atoms with Crippen LogP contribution in [0.3, 0.4) is 0 Å². The van der Waals surface area contributed by atoms with Crippen molar-refractivity contribution in [3.63, 3.8) is 0 Å². The number of fused-ring (bicyclic) bond motifs is 1. The van der Waals surface area contributed by atoms with Crippen LogP contribution in [-0.2, 0) is 11.2 Å². The number of hydrogen-bond donors (Lipinski definition) is 1. The lowest BCUT2D eigenvalue weighted by Gasteiger charge is -2.21. The van der Waals surface area contributed by atoms with E-state index in [0.717, 1.165) is 52.1 Å². The Bertz CT molecular complexity index is 1180. The molecule has 0 saturated carbocycles. The number of rotatable bonds is 8. The minimum atomic E-state index is -0.0491. The first-order valence-electron chi connectivity index (χ1n) is 10.4. The number of ether oxygens (including phenoxy) is 1. The highest BCUT2D eigenvalue weighted by Crippen LogP contribution is 2.26. The molecular weight excluding hydrogens is 408 g/mol. The van der Waals surface area contributed by atoms with Gasteiger partial charge in [0.2, 0.25) is 5.91 Å². The fraction of sp³-hybridized carbons (Fsp3) is 0.250. The van der Waals surface area contributed by atoms with Gasteiger partial charge in [-0.05, 0) is 50.2 Å². The van der Waals surface area contributed by atoms with E-state index in [9.17, 15) is 4.79 Å². The number of amides is 1. The predicted molar refractivity (Wildman–Crippen MR) is 127 cm³/mol. The number of methoxy groups -OCH3 is 1. The fourth-order valence-corrected chi connectivity index (χ4v) is 4.46. The maximum absolute atomic E-state index is 12.6. The van der Waals surface area contributed by atoms with Gasteiger partial charge in [-0.3, -0.25) is 9.20 Å². The van der Waals surface area contributed by atoms with E-state index in [4.69, 9.17) is 9.72 Å². The molecule has 0 saturated heterocycles. The fourth-order valence-electron chi connectivity index (χ4n) is 3.59. The Morgan fingerprint density at radius 1 is 1.16 bits per heavy atom. The Balaban J connectivity index is 1.47. The van der Waals surface area contributed by atoms with E-state index in [2.05, 4.69) is 24.1 Å². The third-order valence-electron chi connectivity index (χ3n) is 5.27. The lowest BCUT2D eigenvalue weighted by atomic mass is 10.1. The normalized spacial score (nSPS) is 10.9. The highest BCUT2D eigenvalue weighted by molar-refractivity contribution is 7.15. The number of hydrogen-bond acceptors (Lipinski definition) is 5. The van der Waals surface area contributed by atoms with Crippen molar-refractivity contribution in [1.29, 1.82) is 0 Å². The Morgan fingerprint density at radius 3 is 2.65 bits per heavy atom. The molecule has 1 amide bonds. The molecule has 2 heterocycles. The molecule has 2 aromatic heterocycles. The molecule has 0 fully saturated rings. The zero-order valence-electron chi connectivity index (χ0n) is 18.0. The van der Waals surface area contributed by atoms with Crippen molar-refractivity contribution >= 4 is 33.6 Å². The number of imidazole rings is 1. The zero-order valence-corrected chi connectivity index (χ0v) is 18.8. The van der Waals surface area contributed by atoms with Crippen LogP contribution < -0.4 is 15.0 Å². The summed E-state index contributed by atoms with van der Waals surface area (Å²) in [5, 5.41) is 4.98. The molecule has 31 heavy (non-hydrogen) atoms. The van der Waals surface area contributed by atoms with Crippen molar-refractivity contribution in [3.8, 4) is 17.0 Å². The van der Waals surface area contributed by atoms with Crippen LogP contribution in [0.25, 0.3) is 16.2 Å². The minimum absolute atomic E-state index is 0.0491. The van der Waals surface area contributed by atoms with Crippen molar-refractivity contribution in [2.75, 3.05) is 30.4 Å². The topological polar surface area (TPSA) is 58.9 Å². The van der Waals surface area contributed by atoms with E-state index in [0.29, 0.717) is 0 Å². The van der Waals surface area contributed by atoms with E-state index in [1.165, 1.54) is 11.3 Å². The van der Waals surface area contributed by atoms with Gasteiger partial charge in [-0.2, -0.15) is 0 Å². The van der Waals surface area contributed by atoms with Gasteiger partial charge in [0.25, 0.3) is 0 Å². The summed E-state index contributed by atoms with van der Waals surface area (Å²) in [7, 11) is 1.65. The molecule has 7 heteroatoms. The molecule has 0 aliphatic heterocycles. The summed E-state index contributed by atoms with van der Waals surface area (Å²) in [4.78, 5) is 20.5. The molecule has 0 atom stereocenters. The summed E-state index contributed by atoms with van der Waals surface area (Å²) in [5.74, 6) is 0.743. The van der Waals surface area contributed by atoms with Gasteiger partial charge in [0.1, 0.15) is 5.75 Å². The van der Waals surface area contributed by atoms with Crippen LogP contribution in [-0.4, -0.2) is 35.5 Å². The van der Waals surface area contributed by atoms with Crippen LogP contribution in [0.2, 0.25) is 0 Å². The minimum Gasteiger partial charge on any atom is -0.497 e. The third kappa shape index (κ3) is 4.56. The van der Waals surface area contributed by atoms with Crippen molar-refractivity contribution in [3.05, 3.63) is 65.8 Å². The number of thiazole rings is 1. The van der Waals surface area contributed by atoms with Crippen LogP contribution in [0.5, 0.6) is 5.75 Å². The first kappa shape index (κ1) is 20.9. The van der Waals surface area contributed by atoms with Crippen LogP contribution in [0, 0.1) is 0 Å². The predicted octanol–water partition coefficient (Wildman–Crippen LogP) is 5.10. The third-order valence-corrected chi connectivity index (χ3v) is 6.16. The molecule has 4 aromatic rings. The summed E-state index contributed by atoms with van der Waals surface area (Å²) >= 11 is 1.53. The van der Waals surface area contributed by atoms with Gasteiger partial charge in [0.15, 0.2) is 4.96 Å². The molecule has 0 aliphatic carbocycles. The Hall–Kier alpha value is -3.32. The number of carbonyl (C=O) groups is 1. The number of aromatic nitrogens is 2. The number of anilines is 2. The molecule has 0 unspecified atom stereocenters. The van der Waals surface area contributed by atoms with Gasteiger partial charge in [-0.25, -0.2) is 4.98 Å². The summed E-state index contributed by atoms with van der Waals surface area (Å²) < 4.78 is 7.30. The van der Waals surface area contributed by atoms with Crippen LogP contribution in [0.1, 0.15) is 19.5 Å². The van der Waals surface area contributed by atoms with E-state index in [-0.39, 0.29) is 12.3 Å². The largest absolute Gasteiger partial charge is 0.497 e. The Morgan fingerprint density at radius 2 is 1.94 bits per heavy atom. The molecule has 0 spiro atoms. The lowest BCUT2D eigenvalue weighted by molar-refractivity contribution is -0.115. The van der Waals surface area contributed by atoms with E-state index in [1.807, 2.05) is 64.5 Å². The molecule has 0 bridgehead atoms. The molecule has 0 radical (unpaired) electrons. The highest BCUT2D eigenvalue weighted by Gasteiger charge is 2.13. The standard InChI is InChI=1S/C24H26N4O2S/c1-4-27(5-2)19-11-9-18(10-12-19)25-23(29)14-20-16-31-24-26-22(15-28(20)24)17-7-6-8-21(13-17)30-3/h6-13,15-16H,4-5,14H2,1-3H3,(H,25,29). The summed E-state index contributed by atoms with van der Waals surface area (Å²) in [6.45, 7) is 6.19. The molecule has 0 aliphatic rings. The number of benzene rings is 2. The maximum atomic E-state index is 12.6. The van der Waals surface area contributed by atoms with Crippen molar-refractivity contribution in [2.24, 2.45) is 0 Å². The monoisotopic (exact) mass is 434 g/mol. The second kappa shape index (κ2) is 9.22. The smallest absolute Gasteiger partial charge is 0.230 e. The van der Waals surface area contributed by atoms with Crippen molar-refractivity contribution in [2.45, 2.75) is 20.3 Å². The molecule has 4 rings (SSSR count). The quantitative estimate of drug-likeness (QED) is 0.419. The molecule has 160 valence electrons. The van der Waals surface area contributed by atoms with E-state index >= 15 is 0 Å².